The zero-order chi connectivity index (χ0) is 14.8. The first-order valence-electron chi connectivity index (χ1n) is 4.82. The van der Waals surface area contributed by atoms with Crippen molar-refractivity contribution in [1.82, 2.24) is 0 Å². The third-order valence-electron chi connectivity index (χ3n) is 2.49. The Kier molecular flexibility index (Phi) is 4.64. The minimum Gasteiger partial charge on any atom is -0.373 e. The normalized spacial score (nSPS) is 11.5. The first-order valence-corrected chi connectivity index (χ1v) is 6.54. The molecule has 0 spiro atoms. The highest BCUT2D eigenvalue weighted by Crippen LogP contribution is 2.21. The summed E-state index contributed by atoms with van der Waals surface area (Å²) in [7, 11) is -1.06. The van der Waals surface area contributed by atoms with Crippen LogP contribution >= 0.6 is 0 Å². The number of hydrogen-bond donors (Lipinski definition) is 0. The lowest BCUT2D eigenvalue weighted by Crippen LogP contribution is -2.58. The minimum atomic E-state index is -4.12. The highest BCUT2D eigenvalue weighted by atomic mass is 28.4. The molecule has 4 nitrogen and oxygen atoms in total. The van der Waals surface area contributed by atoms with Crippen molar-refractivity contribution >= 4 is 14.0 Å². The minimum absolute atomic E-state index is 1.02. The van der Waals surface area contributed by atoms with E-state index in [1.807, 2.05) is 0 Å². The summed E-state index contributed by atoms with van der Waals surface area (Å²) in [5.41, 5.74) is -1.36. The van der Waals surface area contributed by atoms with Crippen molar-refractivity contribution in [3.05, 3.63) is 28.8 Å². The van der Waals surface area contributed by atoms with Crippen LogP contribution in [0, 0.1) is 34.6 Å². The molecule has 19 heavy (non-hydrogen) atoms. The third kappa shape index (κ3) is 2.23. The van der Waals surface area contributed by atoms with Gasteiger partial charge in [-0.1, -0.05) is 0 Å². The Morgan fingerprint density at radius 2 is 1.21 bits per heavy atom. The molecular formula is C10H9F4NO3Si. The first kappa shape index (κ1) is 15.6. The maximum absolute atomic E-state index is 13.8. The fourth-order valence-corrected chi connectivity index (χ4v) is 3.42. The maximum Gasteiger partial charge on any atom is 0.542 e. The fourth-order valence-electron chi connectivity index (χ4n) is 1.55. The Balaban J connectivity index is 3.77. The number of halogens is 4. The van der Waals surface area contributed by atoms with Crippen molar-refractivity contribution in [2.45, 2.75) is 0 Å². The molecule has 0 atom stereocenters. The van der Waals surface area contributed by atoms with E-state index in [1.54, 1.807) is 0 Å². The average molecular weight is 295 g/mol. The summed E-state index contributed by atoms with van der Waals surface area (Å²) in [5.74, 6) is -7.18. The fraction of sp³-hybridized carbons (Fsp3) is 0.300. The van der Waals surface area contributed by atoms with Crippen LogP contribution in [0.15, 0.2) is 0 Å². The van der Waals surface area contributed by atoms with Gasteiger partial charge < -0.3 is 13.3 Å². The Hall–Kier alpha value is -1.47. The molecule has 0 heterocycles. The molecule has 0 saturated carbocycles. The smallest absolute Gasteiger partial charge is 0.373 e. The predicted octanol–water partition coefficient (Wildman–Crippen LogP) is 1.20. The van der Waals surface area contributed by atoms with E-state index >= 15 is 0 Å². The van der Waals surface area contributed by atoms with Crippen molar-refractivity contribution < 1.29 is 30.8 Å². The van der Waals surface area contributed by atoms with Gasteiger partial charge in [0, 0.05) is 21.3 Å². The average Bonchev–Trinajstić information content (AvgIpc) is 2.42. The molecule has 0 radical (unpaired) electrons. The summed E-state index contributed by atoms with van der Waals surface area (Å²) in [5, 5.41) is 7.35. The van der Waals surface area contributed by atoms with E-state index in [4.69, 9.17) is 18.5 Å². The van der Waals surface area contributed by atoms with Crippen molar-refractivity contribution in [3.63, 3.8) is 0 Å². The standard InChI is InChI=1S/C10H9F4NO3Si/c1-16-19(17-2,18-3)10-8(13)6(11)5(4-15)7(12)9(10)14/h1-3H3. The summed E-state index contributed by atoms with van der Waals surface area (Å²) >= 11 is 0. The molecule has 1 aromatic rings. The predicted molar refractivity (Wildman–Crippen MR) is 57.4 cm³/mol. The Labute approximate surface area is 107 Å². The summed E-state index contributed by atoms with van der Waals surface area (Å²) in [6.45, 7) is 0. The van der Waals surface area contributed by atoms with Gasteiger partial charge in [0.15, 0.2) is 23.3 Å². The molecule has 0 bridgehead atoms. The number of nitriles is 1. The van der Waals surface area contributed by atoms with Crippen LogP contribution in [-0.2, 0) is 13.3 Å². The van der Waals surface area contributed by atoms with Crippen LogP contribution in [0.1, 0.15) is 5.56 Å². The van der Waals surface area contributed by atoms with Crippen LogP contribution in [0.2, 0.25) is 0 Å². The van der Waals surface area contributed by atoms with E-state index in [1.165, 1.54) is 0 Å². The Morgan fingerprint density at radius 3 is 1.47 bits per heavy atom. The Bertz CT molecular complexity index is 505. The van der Waals surface area contributed by atoms with Crippen LogP contribution in [0.3, 0.4) is 0 Å². The molecule has 0 aliphatic heterocycles. The van der Waals surface area contributed by atoms with Crippen molar-refractivity contribution in [2.75, 3.05) is 21.3 Å². The molecule has 0 fully saturated rings. The molecule has 9 heteroatoms. The van der Waals surface area contributed by atoms with Gasteiger partial charge in [-0.25, -0.2) is 17.6 Å². The zero-order valence-corrected chi connectivity index (χ0v) is 11.2. The highest BCUT2D eigenvalue weighted by molar-refractivity contribution is 6.75. The van der Waals surface area contributed by atoms with Gasteiger partial charge in [-0.3, -0.25) is 0 Å². The van der Waals surface area contributed by atoms with E-state index in [0.29, 0.717) is 0 Å². The lowest BCUT2D eigenvalue weighted by Gasteiger charge is -2.25. The van der Waals surface area contributed by atoms with E-state index in [2.05, 4.69) is 0 Å². The number of hydrogen-bond acceptors (Lipinski definition) is 4. The van der Waals surface area contributed by atoms with Gasteiger partial charge in [0.25, 0.3) is 0 Å². The van der Waals surface area contributed by atoms with Crippen molar-refractivity contribution in [1.29, 1.82) is 5.26 Å². The van der Waals surface area contributed by atoms with Crippen molar-refractivity contribution in [3.8, 4) is 6.07 Å². The molecule has 0 aliphatic carbocycles. The summed E-state index contributed by atoms with van der Waals surface area (Å²) in [4.78, 5) is 0. The van der Waals surface area contributed by atoms with Crippen LogP contribution in [-0.4, -0.2) is 30.1 Å². The van der Waals surface area contributed by atoms with E-state index < -0.39 is 42.8 Å². The second-order valence-electron chi connectivity index (χ2n) is 3.29. The molecule has 0 N–H and O–H groups in total. The van der Waals surface area contributed by atoms with Crippen LogP contribution in [0.4, 0.5) is 17.6 Å². The first-order chi connectivity index (χ1) is 8.90. The second kappa shape index (κ2) is 5.66. The number of benzene rings is 1. The van der Waals surface area contributed by atoms with E-state index in [9.17, 15) is 17.6 Å². The molecule has 104 valence electrons. The molecule has 0 aromatic heterocycles. The number of nitrogens with zero attached hydrogens (tertiary/aromatic N) is 1. The third-order valence-corrected chi connectivity index (χ3v) is 5.15. The number of rotatable bonds is 4. The highest BCUT2D eigenvalue weighted by Gasteiger charge is 2.49. The van der Waals surface area contributed by atoms with Gasteiger partial charge in [-0.15, -0.1) is 0 Å². The topological polar surface area (TPSA) is 51.5 Å². The molecule has 1 rings (SSSR count). The SMILES string of the molecule is CO[Si](OC)(OC)c1c(F)c(F)c(C#N)c(F)c1F. The van der Waals surface area contributed by atoms with Gasteiger partial charge in [0.2, 0.25) is 0 Å². The van der Waals surface area contributed by atoms with E-state index in [-0.39, 0.29) is 0 Å². The van der Waals surface area contributed by atoms with Crippen LogP contribution < -0.4 is 5.19 Å². The maximum atomic E-state index is 13.8. The van der Waals surface area contributed by atoms with Gasteiger partial charge >= 0.3 is 8.80 Å². The van der Waals surface area contributed by atoms with Crippen LogP contribution in [0.5, 0.6) is 0 Å². The summed E-state index contributed by atoms with van der Waals surface area (Å²) < 4.78 is 68.9. The Morgan fingerprint density at radius 1 is 0.842 bits per heavy atom. The molecular weight excluding hydrogens is 286 g/mol. The van der Waals surface area contributed by atoms with Gasteiger partial charge in [-0.2, -0.15) is 5.26 Å². The molecule has 0 saturated heterocycles. The monoisotopic (exact) mass is 295 g/mol. The molecule has 0 amide bonds. The largest absolute Gasteiger partial charge is 0.542 e. The van der Waals surface area contributed by atoms with Gasteiger partial charge in [0.05, 0.1) is 5.19 Å². The lowest BCUT2D eigenvalue weighted by atomic mass is 10.2. The van der Waals surface area contributed by atoms with Crippen molar-refractivity contribution in [2.24, 2.45) is 0 Å². The zero-order valence-electron chi connectivity index (χ0n) is 10.2. The molecule has 0 unspecified atom stereocenters. The molecule has 1 aromatic carbocycles. The quantitative estimate of drug-likeness (QED) is 0.476. The molecule has 0 aliphatic rings. The second-order valence-corrected chi connectivity index (χ2v) is 6.12. The van der Waals surface area contributed by atoms with Gasteiger partial charge in [0.1, 0.15) is 11.6 Å². The van der Waals surface area contributed by atoms with Crippen LogP contribution in [0.25, 0.3) is 0 Å². The van der Waals surface area contributed by atoms with Gasteiger partial charge in [-0.05, 0) is 0 Å². The lowest BCUT2D eigenvalue weighted by molar-refractivity contribution is 0.138. The summed E-state index contributed by atoms with van der Waals surface area (Å²) in [6, 6.07) is 1.04. The summed E-state index contributed by atoms with van der Waals surface area (Å²) in [6.07, 6.45) is 0. The van der Waals surface area contributed by atoms with E-state index in [0.717, 1.165) is 27.4 Å².